The molecular weight excluding hydrogens is 312 g/mol. The van der Waals surface area contributed by atoms with E-state index in [1.807, 2.05) is 43.3 Å². The van der Waals surface area contributed by atoms with Gasteiger partial charge in [0.25, 0.3) is 0 Å². The lowest BCUT2D eigenvalue weighted by Gasteiger charge is -2.50. The van der Waals surface area contributed by atoms with Gasteiger partial charge in [0.1, 0.15) is 11.7 Å². The summed E-state index contributed by atoms with van der Waals surface area (Å²) in [5.74, 6) is -0.130. The third-order valence-electron chi connectivity index (χ3n) is 4.59. The average molecular weight is 328 g/mol. The van der Waals surface area contributed by atoms with Crippen LogP contribution in [0.2, 0.25) is 0 Å². The fourth-order valence-corrected chi connectivity index (χ4v) is 3.94. The standard InChI is InChI=1S/C17H16N2O3S/c1-17-13(15(20)21-2)14(18-16(23)19-17)12-10-6-4-3-5-9(10)7-8-11(12)22-17/h3-8,13-14H,1-2H3,(H2,18,19,23). The molecule has 0 radical (unpaired) electrons. The van der Waals surface area contributed by atoms with E-state index >= 15 is 0 Å². The number of ether oxygens (including phenoxy) is 2. The summed E-state index contributed by atoms with van der Waals surface area (Å²) in [5.41, 5.74) is 0.00931. The zero-order chi connectivity index (χ0) is 16.2. The van der Waals surface area contributed by atoms with Gasteiger partial charge < -0.3 is 20.1 Å². The van der Waals surface area contributed by atoms with Crippen LogP contribution >= 0.6 is 12.2 Å². The molecule has 3 atom stereocenters. The van der Waals surface area contributed by atoms with Gasteiger partial charge >= 0.3 is 5.97 Å². The highest BCUT2D eigenvalue weighted by Crippen LogP contribution is 2.47. The van der Waals surface area contributed by atoms with Crippen LogP contribution in [0.25, 0.3) is 10.8 Å². The molecule has 23 heavy (non-hydrogen) atoms. The van der Waals surface area contributed by atoms with Crippen molar-refractivity contribution in [3.8, 4) is 5.75 Å². The van der Waals surface area contributed by atoms with Crippen LogP contribution in [0.4, 0.5) is 0 Å². The van der Waals surface area contributed by atoms with Crippen molar-refractivity contribution in [3.63, 3.8) is 0 Å². The molecule has 6 heteroatoms. The molecule has 1 fully saturated rings. The van der Waals surface area contributed by atoms with Gasteiger partial charge in [-0.1, -0.05) is 30.3 Å². The Bertz CT molecular complexity index is 838. The molecule has 2 heterocycles. The number of carbonyl (C=O) groups is 1. The van der Waals surface area contributed by atoms with Crippen molar-refractivity contribution in [3.05, 3.63) is 42.0 Å². The largest absolute Gasteiger partial charge is 0.469 e. The predicted molar refractivity (Wildman–Crippen MR) is 90.1 cm³/mol. The van der Waals surface area contributed by atoms with Crippen LogP contribution < -0.4 is 15.4 Å². The molecule has 2 bridgehead atoms. The first-order valence-electron chi connectivity index (χ1n) is 7.40. The van der Waals surface area contributed by atoms with E-state index in [4.69, 9.17) is 21.7 Å². The molecule has 0 saturated carbocycles. The summed E-state index contributed by atoms with van der Waals surface area (Å²) in [6, 6.07) is 11.7. The molecule has 4 rings (SSSR count). The number of hydrogen-bond donors (Lipinski definition) is 2. The average Bonchev–Trinajstić information content (AvgIpc) is 2.52. The van der Waals surface area contributed by atoms with Gasteiger partial charge in [-0.2, -0.15) is 0 Å². The maximum absolute atomic E-state index is 12.4. The van der Waals surface area contributed by atoms with Gasteiger partial charge in [0.2, 0.25) is 0 Å². The second kappa shape index (κ2) is 4.83. The van der Waals surface area contributed by atoms with Crippen molar-refractivity contribution in [2.45, 2.75) is 18.7 Å². The molecule has 1 saturated heterocycles. The molecule has 0 amide bonds. The monoisotopic (exact) mass is 328 g/mol. The fourth-order valence-electron chi connectivity index (χ4n) is 3.61. The minimum Gasteiger partial charge on any atom is -0.469 e. The van der Waals surface area contributed by atoms with E-state index in [2.05, 4.69) is 10.6 Å². The Kier molecular flexibility index (Phi) is 2.99. The fraction of sp³-hybridized carbons (Fsp3) is 0.294. The number of fused-ring (bicyclic) bond motifs is 6. The van der Waals surface area contributed by atoms with E-state index in [1.54, 1.807) is 0 Å². The molecule has 118 valence electrons. The van der Waals surface area contributed by atoms with Gasteiger partial charge in [0.15, 0.2) is 10.8 Å². The van der Waals surface area contributed by atoms with Crippen molar-refractivity contribution in [2.24, 2.45) is 5.92 Å². The molecule has 0 spiro atoms. The van der Waals surface area contributed by atoms with E-state index < -0.39 is 11.6 Å². The zero-order valence-corrected chi connectivity index (χ0v) is 13.6. The topological polar surface area (TPSA) is 59.6 Å². The van der Waals surface area contributed by atoms with Crippen LogP contribution in [-0.4, -0.2) is 23.9 Å². The van der Waals surface area contributed by atoms with Crippen molar-refractivity contribution in [2.75, 3.05) is 7.11 Å². The second-order valence-electron chi connectivity index (χ2n) is 5.98. The highest BCUT2D eigenvalue weighted by molar-refractivity contribution is 7.80. The highest BCUT2D eigenvalue weighted by Gasteiger charge is 2.55. The Morgan fingerprint density at radius 3 is 2.87 bits per heavy atom. The molecule has 0 aromatic heterocycles. The third-order valence-corrected chi connectivity index (χ3v) is 4.81. The number of thiocarbonyl (C=S) groups is 1. The number of benzene rings is 2. The van der Waals surface area contributed by atoms with Gasteiger partial charge in [-0.3, -0.25) is 4.79 Å². The van der Waals surface area contributed by atoms with Gasteiger partial charge in [0, 0.05) is 5.56 Å². The second-order valence-corrected chi connectivity index (χ2v) is 6.39. The Morgan fingerprint density at radius 2 is 2.09 bits per heavy atom. The normalized spacial score (nSPS) is 28.2. The minimum absolute atomic E-state index is 0.295. The van der Waals surface area contributed by atoms with Crippen LogP contribution in [0.3, 0.4) is 0 Å². The van der Waals surface area contributed by atoms with Gasteiger partial charge in [-0.15, -0.1) is 0 Å². The SMILES string of the molecule is COC(=O)C1C2NC(=S)NC1(C)Oc1ccc3ccccc3c12. The van der Waals surface area contributed by atoms with Crippen LogP contribution in [0, 0.1) is 5.92 Å². The first-order chi connectivity index (χ1) is 11.0. The van der Waals surface area contributed by atoms with E-state index in [1.165, 1.54) is 7.11 Å². The summed E-state index contributed by atoms with van der Waals surface area (Å²) >= 11 is 5.31. The maximum atomic E-state index is 12.4. The Labute approximate surface area is 139 Å². The van der Waals surface area contributed by atoms with E-state index in [9.17, 15) is 4.79 Å². The van der Waals surface area contributed by atoms with Crippen molar-refractivity contribution in [1.82, 2.24) is 10.6 Å². The van der Waals surface area contributed by atoms with E-state index in [-0.39, 0.29) is 12.0 Å². The van der Waals surface area contributed by atoms with Crippen molar-refractivity contribution < 1.29 is 14.3 Å². The molecule has 3 unspecified atom stereocenters. The summed E-state index contributed by atoms with van der Waals surface area (Å²) in [4.78, 5) is 12.4. The van der Waals surface area contributed by atoms with Crippen molar-refractivity contribution >= 4 is 34.1 Å². The quantitative estimate of drug-likeness (QED) is 0.618. The number of hydrogen-bond acceptors (Lipinski definition) is 4. The number of carbonyl (C=O) groups excluding carboxylic acids is 1. The first-order valence-corrected chi connectivity index (χ1v) is 7.81. The smallest absolute Gasteiger partial charge is 0.317 e. The summed E-state index contributed by atoms with van der Waals surface area (Å²) in [6.45, 7) is 1.83. The Hall–Kier alpha value is -2.34. The van der Waals surface area contributed by atoms with Crippen LogP contribution in [0.15, 0.2) is 36.4 Å². The highest BCUT2D eigenvalue weighted by atomic mass is 32.1. The van der Waals surface area contributed by atoms with E-state index in [0.717, 1.165) is 22.1 Å². The molecule has 2 aliphatic heterocycles. The molecule has 2 aromatic carbocycles. The van der Waals surface area contributed by atoms with Gasteiger partial charge in [-0.05, 0) is 36.0 Å². The number of nitrogens with one attached hydrogen (secondary N) is 2. The maximum Gasteiger partial charge on any atom is 0.317 e. The Balaban J connectivity index is 1.99. The minimum atomic E-state index is -0.935. The van der Waals surface area contributed by atoms with Crippen molar-refractivity contribution in [1.29, 1.82) is 0 Å². The molecule has 0 aliphatic carbocycles. The third kappa shape index (κ3) is 1.98. The number of esters is 1. The predicted octanol–water partition coefficient (Wildman–Crippen LogP) is 2.26. The van der Waals surface area contributed by atoms with Gasteiger partial charge in [-0.25, -0.2) is 0 Å². The lowest BCUT2D eigenvalue weighted by molar-refractivity contribution is -0.159. The van der Waals surface area contributed by atoms with Crippen LogP contribution in [0.5, 0.6) is 5.75 Å². The summed E-state index contributed by atoms with van der Waals surface area (Å²) in [7, 11) is 1.39. The lowest BCUT2D eigenvalue weighted by atomic mass is 9.79. The molecular formula is C17H16N2O3S. The lowest BCUT2D eigenvalue weighted by Crippen LogP contribution is -2.70. The molecule has 2 aliphatic rings. The first kappa shape index (κ1) is 14.3. The van der Waals surface area contributed by atoms with Gasteiger partial charge in [0.05, 0.1) is 13.2 Å². The molecule has 2 aromatic rings. The number of methoxy groups -OCH3 is 1. The zero-order valence-electron chi connectivity index (χ0n) is 12.8. The van der Waals surface area contributed by atoms with Crippen LogP contribution in [0.1, 0.15) is 18.5 Å². The van der Waals surface area contributed by atoms with E-state index in [0.29, 0.717) is 5.11 Å². The molecule has 2 N–H and O–H groups in total. The molecule has 5 nitrogen and oxygen atoms in total. The Morgan fingerprint density at radius 1 is 1.30 bits per heavy atom. The summed E-state index contributed by atoms with van der Waals surface area (Å²) < 4.78 is 11.2. The summed E-state index contributed by atoms with van der Waals surface area (Å²) in [6.07, 6.45) is 0. The number of rotatable bonds is 1. The van der Waals surface area contributed by atoms with Crippen LogP contribution in [-0.2, 0) is 9.53 Å². The summed E-state index contributed by atoms with van der Waals surface area (Å²) in [5, 5.41) is 8.91.